The van der Waals surface area contributed by atoms with Crippen LogP contribution in [0.15, 0.2) is 47.3 Å². The predicted octanol–water partition coefficient (Wildman–Crippen LogP) is 5.70. The van der Waals surface area contributed by atoms with E-state index in [1.807, 2.05) is 31.2 Å². The fraction of sp³-hybridized carbons (Fsp3) is 0.281. The number of phenolic OH excluding ortho intramolecular Hbond substituents is 2. The summed E-state index contributed by atoms with van der Waals surface area (Å²) in [6.45, 7) is 3.05. The molecule has 2 aromatic heterocycles. The van der Waals surface area contributed by atoms with Crippen LogP contribution >= 0.6 is 0 Å². The highest BCUT2D eigenvalue weighted by Crippen LogP contribution is 2.49. The minimum Gasteiger partial charge on any atom is -0.504 e. The summed E-state index contributed by atoms with van der Waals surface area (Å²) in [5.41, 5.74) is 5.36. The van der Waals surface area contributed by atoms with Gasteiger partial charge in [-0.2, -0.15) is 0 Å². The topological polar surface area (TPSA) is 104 Å². The van der Waals surface area contributed by atoms with Crippen molar-refractivity contribution in [2.45, 2.75) is 32.9 Å². The number of pyridine rings is 1. The van der Waals surface area contributed by atoms with Crippen molar-refractivity contribution in [1.29, 1.82) is 0 Å². The third-order valence-electron chi connectivity index (χ3n) is 7.95. The van der Waals surface area contributed by atoms with Crippen LogP contribution < -0.4 is 24.5 Å². The Bertz CT molecular complexity index is 1900. The van der Waals surface area contributed by atoms with Crippen molar-refractivity contribution in [2.75, 3.05) is 28.4 Å². The van der Waals surface area contributed by atoms with Crippen molar-refractivity contribution >= 4 is 21.8 Å². The average molecular weight is 557 g/mol. The van der Waals surface area contributed by atoms with Crippen molar-refractivity contribution in [3.8, 4) is 56.9 Å². The summed E-state index contributed by atoms with van der Waals surface area (Å²) in [7, 11) is 6.20. The lowest BCUT2D eigenvalue weighted by Crippen LogP contribution is -2.24. The molecule has 0 saturated carbocycles. The molecule has 9 nitrogen and oxygen atoms in total. The summed E-state index contributed by atoms with van der Waals surface area (Å²) in [5, 5.41) is 22.8. The molecule has 6 rings (SSSR count). The van der Waals surface area contributed by atoms with Crippen LogP contribution in [0.5, 0.6) is 34.5 Å². The summed E-state index contributed by atoms with van der Waals surface area (Å²) < 4.78 is 26.0. The maximum Gasteiger partial charge on any atom is 0.275 e. The lowest BCUT2D eigenvalue weighted by molar-refractivity contribution is 0.355. The number of rotatable bonds is 7. The van der Waals surface area contributed by atoms with Crippen LogP contribution in [0.2, 0.25) is 0 Å². The van der Waals surface area contributed by atoms with E-state index in [1.54, 1.807) is 37.0 Å². The number of hydrogen-bond acceptors (Lipinski definition) is 7. The number of methoxy groups -OCH3 is 4. The molecule has 0 atom stereocenters. The molecule has 41 heavy (non-hydrogen) atoms. The van der Waals surface area contributed by atoms with Gasteiger partial charge in [0.1, 0.15) is 5.52 Å². The van der Waals surface area contributed by atoms with E-state index in [0.29, 0.717) is 53.5 Å². The molecular weight excluding hydrogens is 524 g/mol. The van der Waals surface area contributed by atoms with Gasteiger partial charge >= 0.3 is 0 Å². The number of ether oxygens (including phenoxy) is 4. The van der Waals surface area contributed by atoms with Crippen molar-refractivity contribution in [3.63, 3.8) is 0 Å². The van der Waals surface area contributed by atoms with Gasteiger partial charge in [-0.3, -0.25) is 4.79 Å². The zero-order valence-electron chi connectivity index (χ0n) is 23.7. The monoisotopic (exact) mass is 556 g/mol. The number of aryl methyl sites for hydroxylation is 3. The molecule has 0 radical (unpaired) electrons. The Morgan fingerprint density at radius 3 is 2.20 bits per heavy atom. The molecule has 5 aromatic rings. The van der Waals surface area contributed by atoms with Crippen molar-refractivity contribution < 1.29 is 29.2 Å². The van der Waals surface area contributed by atoms with Gasteiger partial charge in [0, 0.05) is 41.1 Å². The van der Waals surface area contributed by atoms with Crippen LogP contribution in [0.25, 0.3) is 44.2 Å². The second-order valence-corrected chi connectivity index (χ2v) is 10.1. The maximum atomic E-state index is 14.3. The van der Waals surface area contributed by atoms with Gasteiger partial charge in [-0.25, -0.2) is 0 Å². The summed E-state index contributed by atoms with van der Waals surface area (Å²) in [6.07, 6.45) is 1.36. The summed E-state index contributed by atoms with van der Waals surface area (Å²) in [5.74, 6) is 1.83. The Labute approximate surface area is 236 Å². The Hall–Kier alpha value is -4.79. The molecule has 0 fully saturated rings. The number of benzene rings is 3. The molecule has 3 aromatic carbocycles. The van der Waals surface area contributed by atoms with E-state index < -0.39 is 0 Å². The number of hydrogen-bond donors (Lipinski definition) is 2. The number of nitrogens with zero attached hydrogens (tertiary/aromatic N) is 2. The first-order valence-electron chi connectivity index (χ1n) is 13.5. The zero-order valence-corrected chi connectivity index (χ0v) is 23.7. The van der Waals surface area contributed by atoms with Crippen LogP contribution in [0, 0.1) is 0 Å². The van der Waals surface area contributed by atoms with Crippen molar-refractivity contribution in [1.82, 2.24) is 9.13 Å². The van der Waals surface area contributed by atoms with E-state index in [0.717, 1.165) is 45.1 Å². The van der Waals surface area contributed by atoms with E-state index in [9.17, 15) is 15.0 Å². The Kier molecular flexibility index (Phi) is 6.44. The third-order valence-corrected chi connectivity index (χ3v) is 7.95. The second kappa shape index (κ2) is 9.99. The van der Waals surface area contributed by atoms with Gasteiger partial charge < -0.3 is 38.3 Å². The number of fused-ring (bicyclic) bond motifs is 7. The minimum absolute atomic E-state index is 0.0363. The first-order chi connectivity index (χ1) is 19.9. The normalized spacial score (nSPS) is 12.3. The molecule has 0 unspecified atom stereocenters. The molecule has 0 amide bonds. The molecule has 0 aliphatic carbocycles. The van der Waals surface area contributed by atoms with Gasteiger partial charge in [-0.1, -0.05) is 13.0 Å². The number of phenols is 2. The van der Waals surface area contributed by atoms with Crippen LogP contribution in [0.3, 0.4) is 0 Å². The van der Waals surface area contributed by atoms with E-state index in [2.05, 4.69) is 4.57 Å². The first kappa shape index (κ1) is 26.4. The van der Waals surface area contributed by atoms with Crippen LogP contribution in [0.4, 0.5) is 0 Å². The molecule has 0 bridgehead atoms. The molecular formula is C32H32N2O7. The zero-order chi connectivity index (χ0) is 29.0. The highest BCUT2D eigenvalue weighted by molar-refractivity contribution is 6.17. The van der Waals surface area contributed by atoms with Crippen LogP contribution in [-0.4, -0.2) is 47.8 Å². The number of aromatic nitrogens is 2. The van der Waals surface area contributed by atoms with Crippen molar-refractivity contribution in [3.05, 3.63) is 58.4 Å². The lowest BCUT2D eigenvalue weighted by Gasteiger charge is -2.23. The molecule has 1 aliphatic rings. The van der Waals surface area contributed by atoms with Crippen molar-refractivity contribution in [2.24, 2.45) is 0 Å². The standard InChI is InChI=1S/C32H32N2O7/c1-6-10-33-21-16-23(36)26(40-4)15-20(21)29-28(18-7-8-24(38-2)27(13-18)41-5)30-19-14-25(39-3)22(35)12-17(19)9-11-34(30)31(29)32(33)37/h7-8,12-16,35-36H,6,9-11H2,1-5H3. The molecule has 0 saturated heterocycles. The fourth-order valence-electron chi connectivity index (χ4n) is 6.14. The van der Waals surface area contributed by atoms with E-state index >= 15 is 0 Å². The third kappa shape index (κ3) is 3.87. The average Bonchev–Trinajstić information content (AvgIpc) is 3.34. The molecule has 2 N–H and O–H groups in total. The molecule has 3 heterocycles. The Morgan fingerprint density at radius 2 is 1.51 bits per heavy atom. The number of aromatic hydroxyl groups is 2. The van der Waals surface area contributed by atoms with Gasteiger partial charge in [-0.05, 0) is 54.3 Å². The molecule has 0 spiro atoms. The summed E-state index contributed by atoms with van der Waals surface area (Å²) in [6, 6.07) is 12.7. The van der Waals surface area contributed by atoms with Crippen LogP contribution in [0.1, 0.15) is 18.9 Å². The predicted molar refractivity (Wildman–Crippen MR) is 158 cm³/mol. The molecule has 1 aliphatic heterocycles. The fourth-order valence-corrected chi connectivity index (χ4v) is 6.14. The van der Waals surface area contributed by atoms with Gasteiger partial charge in [0.05, 0.1) is 39.6 Å². The summed E-state index contributed by atoms with van der Waals surface area (Å²) in [4.78, 5) is 14.3. The van der Waals surface area contributed by atoms with E-state index in [1.165, 1.54) is 14.2 Å². The van der Waals surface area contributed by atoms with Gasteiger partial charge in [0.25, 0.3) is 5.56 Å². The maximum absolute atomic E-state index is 14.3. The highest BCUT2D eigenvalue weighted by atomic mass is 16.5. The van der Waals surface area contributed by atoms with Gasteiger partial charge in [-0.15, -0.1) is 0 Å². The smallest absolute Gasteiger partial charge is 0.275 e. The molecule has 9 heteroatoms. The lowest BCUT2D eigenvalue weighted by atomic mass is 9.91. The van der Waals surface area contributed by atoms with E-state index in [4.69, 9.17) is 18.9 Å². The second-order valence-electron chi connectivity index (χ2n) is 10.1. The largest absolute Gasteiger partial charge is 0.504 e. The van der Waals surface area contributed by atoms with Crippen LogP contribution in [-0.2, 0) is 19.5 Å². The van der Waals surface area contributed by atoms with E-state index in [-0.39, 0.29) is 17.1 Å². The summed E-state index contributed by atoms with van der Waals surface area (Å²) >= 11 is 0. The quantitative estimate of drug-likeness (QED) is 0.265. The Morgan fingerprint density at radius 1 is 0.829 bits per heavy atom. The van der Waals surface area contributed by atoms with Gasteiger partial charge in [0.2, 0.25) is 0 Å². The Balaban J connectivity index is 1.87. The first-order valence-corrected chi connectivity index (χ1v) is 13.5. The van der Waals surface area contributed by atoms with Gasteiger partial charge in [0.15, 0.2) is 34.5 Å². The minimum atomic E-state index is -0.138. The molecule has 212 valence electrons. The highest BCUT2D eigenvalue weighted by Gasteiger charge is 2.31. The SMILES string of the molecule is CCCn1c(=O)c2c(c(-c3ccc(OC)c(OC)c3)c3n2CCc2cc(O)c(OC)cc2-3)c2cc(OC)c(O)cc21.